The summed E-state index contributed by atoms with van der Waals surface area (Å²) in [6.45, 7) is 6.28. The number of carbonyl (C=O) groups excluding carboxylic acids is 1. The molecular formula is C36H37ClF3N3O5. The van der Waals surface area contributed by atoms with Crippen LogP contribution in [0.15, 0.2) is 60.8 Å². The fraction of sp³-hybridized carbons (Fsp3) is 0.389. The number of nitrogens with two attached hydrogens (primary N) is 1. The molecule has 254 valence electrons. The van der Waals surface area contributed by atoms with Gasteiger partial charge >= 0.3 is 6.18 Å². The molecular weight excluding hydrogens is 647 g/mol. The number of ketones is 1. The van der Waals surface area contributed by atoms with Crippen molar-refractivity contribution in [3.05, 3.63) is 82.5 Å². The summed E-state index contributed by atoms with van der Waals surface area (Å²) in [4.78, 5) is 19.7. The number of piperidine rings is 1. The molecule has 8 nitrogen and oxygen atoms in total. The van der Waals surface area contributed by atoms with E-state index in [0.29, 0.717) is 65.0 Å². The average Bonchev–Trinajstić information content (AvgIpc) is 3.05. The first-order chi connectivity index (χ1) is 22.9. The molecule has 0 saturated carbocycles. The Bertz CT molecular complexity index is 1770. The summed E-state index contributed by atoms with van der Waals surface area (Å²) in [5.74, 6) is 2.39. The third-order valence-electron chi connectivity index (χ3n) is 8.61. The van der Waals surface area contributed by atoms with Gasteiger partial charge in [-0.3, -0.25) is 9.78 Å². The molecule has 4 aromatic rings. The van der Waals surface area contributed by atoms with Gasteiger partial charge in [-0.15, -0.1) is 0 Å². The van der Waals surface area contributed by atoms with E-state index in [9.17, 15) is 18.0 Å². The highest BCUT2D eigenvalue weighted by Gasteiger charge is 2.33. The molecule has 0 radical (unpaired) electrons. The fourth-order valence-electron chi connectivity index (χ4n) is 5.94. The van der Waals surface area contributed by atoms with E-state index in [1.165, 1.54) is 12.1 Å². The maximum Gasteiger partial charge on any atom is 0.417 e. The molecule has 0 unspecified atom stereocenters. The molecule has 48 heavy (non-hydrogen) atoms. The summed E-state index contributed by atoms with van der Waals surface area (Å²) in [6.07, 6.45) is -0.218. The lowest BCUT2D eigenvalue weighted by Crippen LogP contribution is -2.48. The number of hydrogen-bond acceptors (Lipinski definition) is 8. The van der Waals surface area contributed by atoms with Gasteiger partial charge in [0.2, 0.25) is 5.75 Å². The van der Waals surface area contributed by atoms with Crippen LogP contribution in [0.3, 0.4) is 0 Å². The number of benzene rings is 3. The maximum atomic E-state index is 13.2. The van der Waals surface area contributed by atoms with Gasteiger partial charge in [-0.1, -0.05) is 29.8 Å². The molecule has 2 aliphatic heterocycles. The van der Waals surface area contributed by atoms with E-state index in [2.05, 4.69) is 16.8 Å². The molecule has 2 N–H and O–H groups in total. The lowest BCUT2D eigenvalue weighted by molar-refractivity contribution is -0.137. The summed E-state index contributed by atoms with van der Waals surface area (Å²) >= 11 is 5.70. The summed E-state index contributed by atoms with van der Waals surface area (Å²) < 4.78 is 64.2. The number of aromatic nitrogens is 1. The minimum Gasteiger partial charge on any atom is -0.489 e. The molecule has 3 aromatic carbocycles. The van der Waals surface area contributed by atoms with Crippen LogP contribution in [0.4, 0.5) is 13.2 Å². The first kappa shape index (κ1) is 33.8. The van der Waals surface area contributed by atoms with E-state index < -0.39 is 16.8 Å². The summed E-state index contributed by atoms with van der Waals surface area (Å²) in [5.41, 5.74) is 6.81. The van der Waals surface area contributed by atoms with Crippen molar-refractivity contribution in [2.24, 2.45) is 5.73 Å². The van der Waals surface area contributed by atoms with E-state index in [0.717, 1.165) is 45.0 Å². The van der Waals surface area contributed by atoms with Crippen LogP contribution in [-0.2, 0) is 23.8 Å². The Morgan fingerprint density at radius 2 is 1.67 bits per heavy atom. The van der Waals surface area contributed by atoms with Gasteiger partial charge < -0.3 is 29.6 Å². The standard InChI is InChI=1S/C36H37ClF3N3O5/c1-35(41)10-14-43(15-11-35)13-2-16-45-31-22-29-32(34-33(31)46-17-18-47-34)30(9-12-42-29)48-26-6-3-23(4-7-26)19-25(44)20-24-5-8-28(37)27(21-24)36(38,39)40/h3-9,12,21-22H,2,10-11,13-20,41H2,1H3. The average molecular weight is 684 g/mol. The summed E-state index contributed by atoms with van der Waals surface area (Å²) in [5, 5.41) is 0.252. The Balaban J connectivity index is 1.11. The van der Waals surface area contributed by atoms with Crippen LogP contribution in [0, 0.1) is 0 Å². The van der Waals surface area contributed by atoms with Crippen molar-refractivity contribution in [1.29, 1.82) is 0 Å². The predicted octanol–water partition coefficient (Wildman–Crippen LogP) is 7.41. The van der Waals surface area contributed by atoms with E-state index >= 15 is 0 Å². The summed E-state index contributed by atoms with van der Waals surface area (Å²) in [7, 11) is 0. The van der Waals surface area contributed by atoms with Crippen LogP contribution in [-0.4, -0.2) is 60.7 Å². The van der Waals surface area contributed by atoms with Crippen molar-refractivity contribution in [3.63, 3.8) is 0 Å². The van der Waals surface area contributed by atoms with Crippen LogP contribution in [0.5, 0.6) is 28.7 Å². The quantitative estimate of drug-likeness (QED) is 0.163. The molecule has 1 fully saturated rings. The number of fused-ring (bicyclic) bond motifs is 3. The number of halogens is 4. The maximum absolute atomic E-state index is 13.2. The number of rotatable bonds is 11. The van der Waals surface area contributed by atoms with E-state index in [1.807, 2.05) is 6.07 Å². The minimum absolute atomic E-state index is 0.0507. The highest BCUT2D eigenvalue weighted by atomic mass is 35.5. The fourth-order valence-corrected chi connectivity index (χ4v) is 6.17. The molecule has 1 aromatic heterocycles. The first-order valence-corrected chi connectivity index (χ1v) is 16.3. The second kappa shape index (κ2) is 14.2. The van der Waals surface area contributed by atoms with Gasteiger partial charge in [-0.05, 0) is 80.7 Å². The number of likely N-dealkylation sites (tertiary alicyclic amines) is 1. The van der Waals surface area contributed by atoms with Crippen molar-refractivity contribution in [1.82, 2.24) is 9.88 Å². The number of Topliss-reactive ketones (excluding diaryl/α,β-unsaturated/α-hetero) is 1. The molecule has 6 rings (SSSR count). The molecule has 1 saturated heterocycles. The Labute approximate surface area is 281 Å². The van der Waals surface area contributed by atoms with Crippen LogP contribution in [0.1, 0.15) is 42.9 Å². The minimum atomic E-state index is -4.60. The van der Waals surface area contributed by atoms with Gasteiger partial charge in [0, 0.05) is 37.2 Å². The normalized spacial score (nSPS) is 16.1. The third kappa shape index (κ3) is 8.14. The van der Waals surface area contributed by atoms with Crippen molar-refractivity contribution in [2.75, 3.05) is 39.5 Å². The number of hydrogen-bond donors (Lipinski definition) is 1. The van der Waals surface area contributed by atoms with E-state index in [-0.39, 0.29) is 29.7 Å². The lowest BCUT2D eigenvalue weighted by atomic mass is 9.91. The third-order valence-corrected chi connectivity index (χ3v) is 8.94. The predicted molar refractivity (Wildman–Crippen MR) is 176 cm³/mol. The SMILES string of the molecule is CC1(N)CCN(CCCOc2cc3nccc(Oc4ccc(CC(=O)Cc5ccc(Cl)c(C(F)(F)F)c5)cc4)c3c3c2OCCO3)CC1. The number of carbonyl (C=O) groups is 1. The van der Waals surface area contributed by atoms with E-state index in [1.54, 1.807) is 36.5 Å². The molecule has 12 heteroatoms. The van der Waals surface area contributed by atoms with Gasteiger partial charge in [-0.2, -0.15) is 13.2 Å². The zero-order valence-electron chi connectivity index (χ0n) is 26.6. The second-order valence-corrected chi connectivity index (χ2v) is 13.0. The van der Waals surface area contributed by atoms with Gasteiger partial charge in [-0.25, -0.2) is 0 Å². The monoisotopic (exact) mass is 683 g/mol. The molecule has 0 bridgehead atoms. The molecule has 0 aliphatic carbocycles. The van der Waals surface area contributed by atoms with Crippen molar-refractivity contribution in [3.8, 4) is 28.7 Å². The van der Waals surface area contributed by atoms with Crippen LogP contribution < -0.4 is 24.7 Å². The van der Waals surface area contributed by atoms with Gasteiger partial charge in [0.25, 0.3) is 0 Å². The molecule has 0 amide bonds. The van der Waals surface area contributed by atoms with Crippen LogP contribution in [0.2, 0.25) is 5.02 Å². The lowest BCUT2D eigenvalue weighted by Gasteiger charge is -2.36. The first-order valence-electron chi connectivity index (χ1n) is 15.9. The van der Waals surface area contributed by atoms with Crippen LogP contribution >= 0.6 is 11.6 Å². The Hall–Kier alpha value is -4.06. The van der Waals surface area contributed by atoms with Gasteiger partial charge in [0.15, 0.2) is 11.5 Å². The van der Waals surface area contributed by atoms with Crippen LogP contribution in [0.25, 0.3) is 10.9 Å². The highest BCUT2D eigenvalue weighted by molar-refractivity contribution is 6.31. The number of ether oxygens (including phenoxy) is 4. The number of nitrogens with zero attached hydrogens (tertiary/aromatic N) is 2. The summed E-state index contributed by atoms with van der Waals surface area (Å²) in [6, 6.07) is 14.1. The highest BCUT2D eigenvalue weighted by Crippen LogP contribution is 2.48. The van der Waals surface area contributed by atoms with E-state index in [4.69, 9.17) is 36.3 Å². The smallest absolute Gasteiger partial charge is 0.417 e. The van der Waals surface area contributed by atoms with Crippen molar-refractivity contribution < 1.29 is 36.9 Å². The Morgan fingerprint density at radius 3 is 2.40 bits per heavy atom. The molecule has 2 aliphatic rings. The van der Waals surface area contributed by atoms with Crippen molar-refractivity contribution >= 4 is 28.3 Å². The zero-order chi connectivity index (χ0) is 33.9. The molecule has 3 heterocycles. The number of alkyl halides is 3. The number of pyridine rings is 1. The van der Waals surface area contributed by atoms with Gasteiger partial charge in [0.1, 0.15) is 30.5 Å². The van der Waals surface area contributed by atoms with Gasteiger partial charge in [0.05, 0.1) is 28.1 Å². The van der Waals surface area contributed by atoms with Crippen molar-refractivity contribution in [2.45, 2.75) is 50.7 Å². The zero-order valence-corrected chi connectivity index (χ0v) is 27.3. The molecule has 0 spiro atoms. The second-order valence-electron chi connectivity index (χ2n) is 12.6. The largest absolute Gasteiger partial charge is 0.489 e. The Kier molecular flexibility index (Phi) is 10.0. The topological polar surface area (TPSA) is 96.1 Å². The molecule has 0 atom stereocenters. The Morgan fingerprint density at radius 1 is 0.979 bits per heavy atom.